The van der Waals surface area contributed by atoms with Gasteiger partial charge in [0.05, 0.1) is 6.04 Å². The van der Waals surface area contributed by atoms with E-state index in [0.29, 0.717) is 22.6 Å². The number of aryl methyl sites for hydroxylation is 2. The first-order valence-electron chi connectivity index (χ1n) is 9.76. The summed E-state index contributed by atoms with van der Waals surface area (Å²) in [7, 11) is 0. The second-order valence-corrected chi connectivity index (χ2v) is 7.44. The van der Waals surface area contributed by atoms with Crippen LogP contribution in [-0.4, -0.2) is 21.9 Å². The van der Waals surface area contributed by atoms with Crippen LogP contribution in [0.4, 0.5) is 5.82 Å². The van der Waals surface area contributed by atoms with Crippen LogP contribution in [0.5, 0.6) is 17.2 Å². The molecule has 2 aromatic carbocycles. The predicted molar refractivity (Wildman–Crippen MR) is 115 cm³/mol. The molecular weight excluding hydrogens is 378 g/mol. The number of benzene rings is 2. The van der Waals surface area contributed by atoms with Crippen LogP contribution in [-0.2, 0) is 0 Å². The first-order valence-corrected chi connectivity index (χ1v) is 9.76. The van der Waals surface area contributed by atoms with E-state index in [0.717, 1.165) is 28.0 Å². The van der Waals surface area contributed by atoms with Crippen LogP contribution in [0.15, 0.2) is 60.8 Å². The number of hydrogen-bond donors (Lipinski definition) is 2. The standard InChI is InChI=1S/C24H21N3O3/c1-14-9-10-25-21(11-14)27-22(17-6-8-19-20(12-17)30-13-29-19)18-7-5-16-4-3-15(2)26-23(16)24(18)28/h3-12,22,28H,13H2,1-2H3,(H,25,27)/t22-/m1/s1. The number of aromatic hydroxyl groups is 1. The smallest absolute Gasteiger partial charge is 0.231 e. The van der Waals surface area contributed by atoms with Crippen LogP contribution in [0.25, 0.3) is 10.9 Å². The first-order chi connectivity index (χ1) is 14.6. The minimum absolute atomic E-state index is 0.152. The van der Waals surface area contributed by atoms with E-state index in [4.69, 9.17) is 9.47 Å². The Morgan fingerprint density at radius 2 is 1.80 bits per heavy atom. The van der Waals surface area contributed by atoms with Gasteiger partial charge in [-0.2, -0.15) is 0 Å². The number of aromatic nitrogens is 2. The molecule has 5 rings (SSSR count). The number of fused-ring (bicyclic) bond motifs is 2. The summed E-state index contributed by atoms with van der Waals surface area (Å²) in [6, 6.07) is 17.1. The Labute approximate surface area is 174 Å². The highest BCUT2D eigenvalue weighted by atomic mass is 16.7. The van der Waals surface area contributed by atoms with E-state index in [9.17, 15) is 5.11 Å². The summed E-state index contributed by atoms with van der Waals surface area (Å²) < 4.78 is 11.0. The molecule has 150 valence electrons. The molecule has 1 atom stereocenters. The van der Waals surface area contributed by atoms with Crippen molar-refractivity contribution < 1.29 is 14.6 Å². The van der Waals surface area contributed by atoms with E-state index < -0.39 is 0 Å². The van der Waals surface area contributed by atoms with Crippen LogP contribution < -0.4 is 14.8 Å². The molecule has 6 nitrogen and oxygen atoms in total. The van der Waals surface area contributed by atoms with Crippen molar-refractivity contribution in [1.82, 2.24) is 9.97 Å². The van der Waals surface area contributed by atoms with Gasteiger partial charge in [-0.05, 0) is 55.3 Å². The summed E-state index contributed by atoms with van der Waals surface area (Å²) in [6.45, 7) is 4.14. The second kappa shape index (κ2) is 7.22. The lowest BCUT2D eigenvalue weighted by molar-refractivity contribution is 0.174. The Morgan fingerprint density at radius 3 is 2.67 bits per heavy atom. The van der Waals surface area contributed by atoms with Gasteiger partial charge >= 0.3 is 0 Å². The molecule has 0 spiro atoms. The number of nitrogens with zero attached hydrogens (tertiary/aromatic N) is 2. The van der Waals surface area contributed by atoms with Gasteiger partial charge < -0.3 is 19.9 Å². The number of anilines is 1. The minimum Gasteiger partial charge on any atom is -0.505 e. The molecule has 3 heterocycles. The molecule has 2 N–H and O–H groups in total. The van der Waals surface area contributed by atoms with Crippen molar-refractivity contribution in [2.24, 2.45) is 0 Å². The first kappa shape index (κ1) is 18.2. The van der Waals surface area contributed by atoms with Gasteiger partial charge in [-0.1, -0.05) is 24.3 Å². The highest BCUT2D eigenvalue weighted by Crippen LogP contribution is 2.40. The molecule has 0 saturated carbocycles. The van der Waals surface area contributed by atoms with Gasteiger partial charge in [0, 0.05) is 22.8 Å². The van der Waals surface area contributed by atoms with Crippen molar-refractivity contribution in [2.75, 3.05) is 12.1 Å². The number of phenolic OH excluding ortho intramolecular Hbond substituents is 1. The van der Waals surface area contributed by atoms with Gasteiger partial charge in [0.25, 0.3) is 0 Å². The number of hydrogen-bond acceptors (Lipinski definition) is 6. The monoisotopic (exact) mass is 399 g/mol. The fourth-order valence-corrected chi connectivity index (χ4v) is 3.72. The maximum absolute atomic E-state index is 11.2. The summed E-state index contributed by atoms with van der Waals surface area (Å²) in [5, 5.41) is 15.5. The van der Waals surface area contributed by atoms with Crippen molar-refractivity contribution in [3.8, 4) is 17.2 Å². The number of phenols is 1. The highest BCUT2D eigenvalue weighted by Gasteiger charge is 2.23. The highest BCUT2D eigenvalue weighted by molar-refractivity contribution is 5.86. The van der Waals surface area contributed by atoms with E-state index in [-0.39, 0.29) is 18.6 Å². The molecule has 30 heavy (non-hydrogen) atoms. The Hall–Kier alpha value is -3.80. The molecule has 6 heteroatoms. The molecule has 2 aromatic heterocycles. The average molecular weight is 399 g/mol. The Morgan fingerprint density at radius 1 is 0.967 bits per heavy atom. The second-order valence-electron chi connectivity index (χ2n) is 7.44. The summed E-state index contributed by atoms with van der Waals surface area (Å²) in [5.74, 6) is 2.27. The third kappa shape index (κ3) is 3.26. The van der Waals surface area contributed by atoms with E-state index in [2.05, 4.69) is 15.3 Å². The Bertz CT molecular complexity index is 1260. The van der Waals surface area contributed by atoms with Crippen molar-refractivity contribution in [2.45, 2.75) is 19.9 Å². The largest absolute Gasteiger partial charge is 0.505 e. The molecule has 0 bridgehead atoms. The van der Waals surface area contributed by atoms with Crippen molar-refractivity contribution >= 4 is 16.7 Å². The minimum atomic E-state index is -0.361. The van der Waals surface area contributed by atoms with E-state index in [1.54, 1.807) is 6.20 Å². The van der Waals surface area contributed by atoms with Gasteiger partial charge in [0.15, 0.2) is 11.5 Å². The normalized spacial score (nSPS) is 13.4. The molecule has 0 fully saturated rings. The Balaban J connectivity index is 1.66. The van der Waals surface area contributed by atoms with E-state index in [1.165, 1.54) is 0 Å². The average Bonchev–Trinajstić information content (AvgIpc) is 3.21. The number of nitrogens with one attached hydrogen (secondary N) is 1. The molecule has 0 radical (unpaired) electrons. The van der Waals surface area contributed by atoms with E-state index >= 15 is 0 Å². The van der Waals surface area contributed by atoms with Gasteiger partial charge in [-0.3, -0.25) is 0 Å². The van der Waals surface area contributed by atoms with Crippen molar-refractivity contribution in [1.29, 1.82) is 0 Å². The molecule has 4 aromatic rings. The zero-order valence-corrected chi connectivity index (χ0v) is 16.7. The van der Waals surface area contributed by atoms with Crippen molar-refractivity contribution in [3.63, 3.8) is 0 Å². The SMILES string of the molecule is Cc1ccnc(N[C@H](c2ccc3c(c2)OCO3)c2ccc3ccc(C)nc3c2O)c1. The third-order valence-corrected chi connectivity index (χ3v) is 5.25. The summed E-state index contributed by atoms with van der Waals surface area (Å²) >= 11 is 0. The van der Waals surface area contributed by atoms with Crippen molar-refractivity contribution in [3.05, 3.63) is 83.2 Å². The summed E-state index contributed by atoms with van der Waals surface area (Å²) in [6.07, 6.45) is 1.76. The quantitative estimate of drug-likeness (QED) is 0.509. The van der Waals surface area contributed by atoms with Gasteiger partial charge in [0.1, 0.15) is 17.1 Å². The molecule has 1 aliphatic rings. The molecule has 1 aliphatic heterocycles. The summed E-state index contributed by atoms with van der Waals surface area (Å²) in [4.78, 5) is 9.00. The lowest BCUT2D eigenvalue weighted by Gasteiger charge is -2.22. The van der Waals surface area contributed by atoms with Gasteiger partial charge in [-0.15, -0.1) is 0 Å². The fraction of sp³-hybridized carbons (Fsp3) is 0.167. The number of pyridine rings is 2. The van der Waals surface area contributed by atoms with Gasteiger partial charge in [0.2, 0.25) is 6.79 Å². The molecule has 0 unspecified atom stereocenters. The Kier molecular flexibility index (Phi) is 4.39. The topological polar surface area (TPSA) is 76.5 Å². The zero-order chi connectivity index (χ0) is 20.7. The third-order valence-electron chi connectivity index (χ3n) is 5.25. The molecule has 0 aliphatic carbocycles. The number of rotatable bonds is 4. The predicted octanol–water partition coefficient (Wildman–Crippen LogP) is 4.88. The lowest BCUT2D eigenvalue weighted by atomic mass is 9.95. The lowest BCUT2D eigenvalue weighted by Crippen LogP contribution is -2.14. The van der Waals surface area contributed by atoms with E-state index in [1.807, 2.05) is 68.4 Å². The molecule has 0 amide bonds. The number of ether oxygens (including phenoxy) is 2. The zero-order valence-electron chi connectivity index (χ0n) is 16.7. The maximum Gasteiger partial charge on any atom is 0.231 e. The van der Waals surface area contributed by atoms with Crippen LogP contribution in [0, 0.1) is 13.8 Å². The van der Waals surface area contributed by atoms with Crippen LogP contribution in [0.2, 0.25) is 0 Å². The van der Waals surface area contributed by atoms with Crippen LogP contribution in [0.1, 0.15) is 28.4 Å². The fourth-order valence-electron chi connectivity index (χ4n) is 3.72. The maximum atomic E-state index is 11.2. The molecular formula is C24H21N3O3. The summed E-state index contributed by atoms with van der Waals surface area (Å²) in [5.41, 5.74) is 4.16. The van der Waals surface area contributed by atoms with Crippen LogP contribution in [0.3, 0.4) is 0 Å². The van der Waals surface area contributed by atoms with Crippen LogP contribution >= 0.6 is 0 Å². The molecule has 0 saturated heterocycles. The van der Waals surface area contributed by atoms with Gasteiger partial charge in [-0.25, -0.2) is 9.97 Å².